The zero-order valence-corrected chi connectivity index (χ0v) is 22.2. The summed E-state index contributed by atoms with van der Waals surface area (Å²) in [7, 11) is 0. The molecule has 0 saturated heterocycles. The third-order valence-electron chi connectivity index (χ3n) is 8.14. The van der Waals surface area contributed by atoms with Gasteiger partial charge in [0, 0.05) is 27.6 Å². The molecule has 0 bridgehead atoms. The fraction of sp³-hybridized carbons (Fsp3) is 0. The van der Waals surface area contributed by atoms with Crippen molar-refractivity contribution in [2.24, 2.45) is 0 Å². The summed E-state index contributed by atoms with van der Waals surface area (Å²) in [6, 6.07) is 45.6. The maximum Gasteiger partial charge on any atom is 0.173 e. The second-order valence-corrected chi connectivity index (χ2v) is 11.1. The van der Waals surface area contributed by atoms with E-state index in [1.165, 1.54) is 66.4 Å². The lowest BCUT2D eigenvalue weighted by atomic mass is 10.0. The molecule has 1 aliphatic carbocycles. The Bertz CT molecular complexity index is 2210. The van der Waals surface area contributed by atoms with Crippen LogP contribution in [0, 0.1) is 0 Å². The molecule has 0 unspecified atom stereocenters. The lowest BCUT2D eigenvalue weighted by Gasteiger charge is -2.08. The van der Waals surface area contributed by atoms with E-state index < -0.39 is 0 Å². The van der Waals surface area contributed by atoms with Crippen LogP contribution >= 0.6 is 11.5 Å². The van der Waals surface area contributed by atoms with Gasteiger partial charge in [-0.3, -0.25) is 0 Å². The Hall–Kier alpha value is -5.06. The summed E-state index contributed by atoms with van der Waals surface area (Å²) in [6.45, 7) is 0. The standard InChI is InChI=1S/C36H21N3S/c1-3-13-32-27(9-1)28-10-2-4-14-33(28)39(32)25-18-15-23(16-19-25)36-37-35(38-40-36)24-17-20-26-29-11-5-7-22-8-6-12-30(34(22)29)31(26)21-24/h1-21H. The second-order valence-electron chi connectivity index (χ2n) is 10.3. The van der Waals surface area contributed by atoms with E-state index in [9.17, 15) is 0 Å². The summed E-state index contributed by atoms with van der Waals surface area (Å²) in [4.78, 5) is 4.97. The molecule has 4 heteroatoms. The minimum Gasteiger partial charge on any atom is -0.309 e. The monoisotopic (exact) mass is 527 g/mol. The van der Waals surface area contributed by atoms with Crippen molar-refractivity contribution in [3.8, 4) is 49.9 Å². The van der Waals surface area contributed by atoms with Crippen LogP contribution in [0.2, 0.25) is 0 Å². The highest BCUT2D eigenvalue weighted by molar-refractivity contribution is 7.09. The number of rotatable bonds is 3. The van der Waals surface area contributed by atoms with Crippen LogP contribution < -0.4 is 0 Å². The summed E-state index contributed by atoms with van der Waals surface area (Å²) in [6.07, 6.45) is 0. The summed E-state index contributed by atoms with van der Waals surface area (Å²) < 4.78 is 7.10. The molecule has 0 spiro atoms. The molecule has 2 aromatic heterocycles. The summed E-state index contributed by atoms with van der Waals surface area (Å²) in [5.41, 5.74) is 10.8. The van der Waals surface area contributed by atoms with Crippen molar-refractivity contribution in [2.75, 3.05) is 0 Å². The molecule has 0 saturated carbocycles. The Kier molecular flexibility index (Phi) is 4.48. The highest BCUT2D eigenvalue weighted by atomic mass is 32.1. The van der Waals surface area contributed by atoms with E-state index in [4.69, 9.17) is 9.36 Å². The van der Waals surface area contributed by atoms with E-state index in [0.29, 0.717) is 0 Å². The van der Waals surface area contributed by atoms with Crippen molar-refractivity contribution < 1.29 is 0 Å². The molecule has 1 aliphatic rings. The Morgan fingerprint density at radius 2 is 1.18 bits per heavy atom. The van der Waals surface area contributed by atoms with E-state index in [1.807, 2.05) is 0 Å². The fourth-order valence-electron chi connectivity index (χ4n) is 6.34. The van der Waals surface area contributed by atoms with Gasteiger partial charge in [0.2, 0.25) is 0 Å². The first-order valence-electron chi connectivity index (χ1n) is 13.4. The smallest absolute Gasteiger partial charge is 0.173 e. The van der Waals surface area contributed by atoms with Crippen molar-refractivity contribution in [1.82, 2.24) is 13.9 Å². The number of benzene rings is 6. The van der Waals surface area contributed by atoms with Crippen LogP contribution in [0.1, 0.15) is 0 Å². The topological polar surface area (TPSA) is 30.7 Å². The van der Waals surface area contributed by atoms with Gasteiger partial charge in [0.25, 0.3) is 0 Å². The summed E-state index contributed by atoms with van der Waals surface area (Å²) in [5, 5.41) is 6.09. The van der Waals surface area contributed by atoms with Gasteiger partial charge in [-0.2, -0.15) is 4.37 Å². The number of fused-ring (bicyclic) bond motifs is 6. The van der Waals surface area contributed by atoms with Crippen LogP contribution in [0.25, 0.3) is 82.5 Å². The molecule has 0 N–H and O–H groups in total. The highest BCUT2D eigenvalue weighted by Gasteiger charge is 2.22. The number of hydrogen-bond donors (Lipinski definition) is 0. The summed E-state index contributed by atoms with van der Waals surface area (Å²) in [5.74, 6) is 0.775. The van der Waals surface area contributed by atoms with Gasteiger partial charge >= 0.3 is 0 Å². The van der Waals surface area contributed by atoms with E-state index >= 15 is 0 Å². The zero-order valence-electron chi connectivity index (χ0n) is 21.4. The molecule has 0 radical (unpaired) electrons. The Morgan fingerprint density at radius 3 is 1.90 bits per heavy atom. The molecule has 9 rings (SSSR count). The minimum atomic E-state index is 0.775. The maximum absolute atomic E-state index is 4.97. The minimum absolute atomic E-state index is 0.775. The van der Waals surface area contributed by atoms with E-state index in [2.05, 4.69) is 132 Å². The average Bonchev–Trinajstić information content (AvgIpc) is 3.72. The van der Waals surface area contributed by atoms with Crippen molar-refractivity contribution in [3.63, 3.8) is 0 Å². The molecule has 0 fully saturated rings. The molecule has 40 heavy (non-hydrogen) atoms. The number of hydrogen-bond acceptors (Lipinski definition) is 3. The van der Waals surface area contributed by atoms with Gasteiger partial charge in [0.1, 0.15) is 5.01 Å². The van der Waals surface area contributed by atoms with Gasteiger partial charge in [-0.1, -0.05) is 84.9 Å². The molecular weight excluding hydrogens is 506 g/mol. The summed E-state index contributed by atoms with van der Waals surface area (Å²) >= 11 is 1.45. The predicted molar refractivity (Wildman–Crippen MR) is 167 cm³/mol. The van der Waals surface area contributed by atoms with E-state index in [1.54, 1.807) is 0 Å². The molecule has 8 aromatic rings. The number of nitrogens with zero attached hydrogens (tertiary/aromatic N) is 3. The zero-order chi connectivity index (χ0) is 26.2. The maximum atomic E-state index is 4.97. The van der Waals surface area contributed by atoms with Crippen LogP contribution in [0.4, 0.5) is 0 Å². The van der Waals surface area contributed by atoms with Crippen molar-refractivity contribution >= 4 is 44.1 Å². The van der Waals surface area contributed by atoms with Gasteiger partial charge in [0.15, 0.2) is 5.82 Å². The van der Waals surface area contributed by atoms with Gasteiger partial charge in [-0.15, -0.1) is 0 Å². The average molecular weight is 528 g/mol. The van der Waals surface area contributed by atoms with Crippen LogP contribution in [0.5, 0.6) is 0 Å². The molecule has 0 atom stereocenters. The SMILES string of the molecule is c1cc2c3c(cccc3c1)-c1cc(-c3nsc(-c4ccc(-n5c6ccccc6c6ccccc65)cc4)n3)ccc1-2. The van der Waals surface area contributed by atoms with Gasteiger partial charge in [0.05, 0.1) is 11.0 Å². The van der Waals surface area contributed by atoms with Crippen LogP contribution in [0.3, 0.4) is 0 Å². The van der Waals surface area contributed by atoms with Crippen LogP contribution in [0.15, 0.2) is 127 Å². The first kappa shape index (κ1) is 21.8. The first-order chi connectivity index (χ1) is 19.8. The first-order valence-corrected chi connectivity index (χ1v) is 14.2. The normalized spacial score (nSPS) is 12.0. The van der Waals surface area contributed by atoms with Crippen LogP contribution in [-0.4, -0.2) is 13.9 Å². The second kappa shape index (κ2) is 8.22. The lowest BCUT2D eigenvalue weighted by molar-refractivity contribution is 1.18. The Morgan fingerprint density at radius 1 is 0.525 bits per heavy atom. The largest absolute Gasteiger partial charge is 0.309 e. The third kappa shape index (κ3) is 3.05. The third-order valence-corrected chi connectivity index (χ3v) is 8.91. The Labute approximate surface area is 234 Å². The van der Waals surface area contributed by atoms with Crippen molar-refractivity contribution in [2.45, 2.75) is 0 Å². The molecule has 186 valence electrons. The van der Waals surface area contributed by atoms with Gasteiger partial charge in [-0.25, -0.2) is 4.98 Å². The van der Waals surface area contributed by atoms with E-state index in [0.717, 1.165) is 27.6 Å². The molecule has 6 aromatic carbocycles. The molecule has 0 aliphatic heterocycles. The molecule has 0 amide bonds. The fourth-order valence-corrected chi connectivity index (χ4v) is 7.03. The predicted octanol–water partition coefficient (Wildman–Crippen LogP) is 9.77. The Balaban J connectivity index is 1.09. The quantitative estimate of drug-likeness (QED) is 0.229. The van der Waals surface area contributed by atoms with Gasteiger partial charge in [-0.05, 0) is 87.0 Å². The van der Waals surface area contributed by atoms with Crippen molar-refractivity contribution in [3.05, 3.63) is 127 Å². The lowest BCUT2D eigenvalue weighted by Crippen LogP contribution is -1.93. The van der Waals surface area contributed by atoms with Crippen molar-refractivity contribution in [1.29, 1.82) is 0 Å². The molecule has 3 nitrogen and oxygen atoms in total. The number of aromatic nitrogens is 3. The number of para-hydroxylation sites is 2. The van der Waals surface area contributed by atoms with Crippen LogP contribution in [-0.2, 0) is 0 Å². The van der Waals surface area contributed by atoms with E-state index in [-0.39, 0.29) is 0 Å². The van der Waals surface area contributed by atoms with Gasteiger partial charge < -0.3 is 4.57 Å². The molecular formula is C36H21N3S. The molecule has 2 heterocycles. The highest BCUT2D eigenvalue weighted by Crippen LogP contribution is 2.48.